The van der Waals surface area contributed by atoms with Gasteiger partial charge in [-0.15, -0.1) is 0 Å². The van der Waals surface area contributed by atoms with Gasteiger partial charge in [0.2, 0.25) is 0 Å². The highest BCUT2D eigenvalue weighted by Crippen LogP contribution is 2.23. The summed E-state index contributed by atoms with van der Waals surface area (Å²) in [5, 5.41) is 13.2. The van der Waals surface area contributed by atoms with Gasteiger partial charge in [-0.25, -0.2) is 0 Å². The van der Waals surface area contributed by atoms with Crippen LogP contribution < -0.4 is 5.32 Å². The van der Waals surface area contributed by atoms with Gasteiger partial charge >= 0.3 is 0 Å². The first-order chi connectivity index (χ1) is 7.02. The molecule has 0 saturated heterocycles. The molecule has 0 radical (unpaired) electrons. The lowest BCUT2D eigenvalue weighted by Gasteiger charge is -2.23. The van der Waals surface area contributed by atoms with Crippen LogP contribution >= 0.6 is 0 Å². The number of hydrogen-bond donors (Lipinski definition) is 2. The first kappa shape index (κ1) is 12.1. The highest BCUT2D eigenvalue weighted by atomic mass is 16.3. The summed E-state index contributed by atoms with van der Waals surface area (Å²) in [4.78, 5) is 0. The van der Waals surface area contributed by atoms with Gasteiger partial charge in [0.15, 0.2) is 0 Å². The molecule has 0 aliphatic heterocycles. The van der Waals surface area contributed by atoms with E-state index in [0.29, 0.717) is 17.7 Å². The number of rotatable bonds is 4. The molecule has 1 rings (SSSR count). The Kier molecular flexibility index (Phi) is 4.15. The number of phenols is 1. The molecule has 15 heavy (non-hydrogen) atoms. The Balaban J connectivity index is 2.69. The van der Waals surface area contributed by atoms with Crippen molar-refractivity contribution in [3.8, 4) is 5.75 Å². The Morgan fingerprint density at radius 3 is 2.20 bits per heavy atom. The zero-order valence-electron chi connectivity index (χ0n) is 9.99. The highest BCUT2D eigenvalue weighted by Gasteiger charge is 2.14. The fourth-order valence-corrected chi connectivity index (χ4v) is 1.53. The van der Waals surface area contributed by atoms with Crippen LogP contribution in [0.3, 0.4) is 0 Å². The first-order valence-corrected chi connectivity index (χ1v) is 5.56. The van der Waals surface area contributed by atoms with Crippen LogP contribution in [0.2, 0.25) is 0 Å². The van der Waals surface area contributed by atoms with E-state index in [4.69, 9.17) is 0 Å². The van der Waals surface area contributed by atoms with Crippen molar-refractivity contribution in [3.05, 3.63) is 29.8 Å². The van der Waals surface area contributed by atoms with E-state index in [0.717, 1.165) is 5.56 Å². The molecule has 0 bridgehead atoms. The zero-order valence-corrected chi connectivity index (χ0v) is 9.99. The molecule has 1 aromatic rings. The first-order valence-electron chi connectivity index (χ1n) is 5.56. The highest BCUT2D eigenvalue weighted by molar-refractivity contribution is 5.34. The molecule has 2 atom stereocenters. The van der Waals surface area contributed by atoms with Crippen LogP contribution in [-0.2, 0) is 0 Å². The van der Waals surface area contributed by atoms with Gasteiger partial charge in [-0.1, -0.05) is 32.0 Å². The van der Waals surface area contributed by atoms with Crippen LogP contribution in [0.4, 0.5) is 0 Å². The molecule has 0 aliphatic carbocycles. The van der Waals surface area contributed by atoms with Crippen molar-refractivity contribution >= 4 is 0 Å². The number of phenolic OH excluding ortho intramolecular Hbond substituents is 1. The third-order valence-electron chi connectivity index (χ3n) is 2.92. The van der Waals surface area contributed by atoms with Crippen LogP contribution in [0.5, 0.6) is 5.75 Å². The second-order valence-corrected chi connectivity index (χ2v) is 4.48. The molecule has 0 saturated carbocycles. The van der Waals surface area contributed by atoms with Gasteiger partial charge in [-0.2, -0.15) is 0 Å². The molecular formula is C13H21NO. The van der Waals surface area contributed by atoms with Gasteiger partial charge in [-0.05, 0) is 25.8 Å². The monoisotopic (exact) mass is 207 g/mol. The molecule has 84 valence electrons. The summed E-state index contributed by atoms with van der Waals surface area (Å²) in [6.45, 7) is 8.62. The van der Waals surface area contributed by atoms with Crippen LogP contribution in [0.1, 0.15) is 39.3 Å². The zero-order chi connectivity index (χ0) is 11.4. The van der Waals surface area contributed by atoms with Crippen LogP contribution in [0.25, 0.3) is 0 Å². The van der Waals surface area contributed by atoms with Gasteiger partial charge in [0, 0.05) is 17.6 Å². The summed E-state index contributed by atoms with van der Waals surface area (Å²) < 4.78 is 0. The van der Waals surface area contributed by atoms with Crippen LogP contribution in [0, 0.1) is 5.92 Å². The smallest absolute Gasteiger partial charge is 0.120 e. The molecule has 0 aliphatic rings. The Morgan fingerprint density at radius 2 is 1.67 bits per heavy atom. The standard InChI is InChI=1S/C13H21NO/c1-9(2)10(3)14-11(4)12-7-5-6-8-13(12)15/h5-11,14-15H,1-4H3. The summed E-state index contributed by atoms with van der Waals surface area (Å²) in [5.74, 6) is 0.965. The van der Waals surface area contributed by atoms with Crippen LogP contribution in [-0.4, -0.2) is 11.1 Å². The lowest BCUT2D eigenvalue weighted by atomic mass is 10.0. The van der Waals surface area contributed by atoms with Crippen molar-refractivity contribution in [1.82, 2.24) is 5.32 Å². The topological polar surface area (TPSA) is 32.3 Å². The van der Waals surface area contributed by atoms with E-state index in [-0.39, 0.29) is 6.04 Å². The molecule has 0 amide bonds. The maximum atomic E-state index is 9.69. The van der Waals surface area contributed by atoms with Crippen molar-refractivity contribution in [2.24, 2.45) is 5.92 Å². The number of nitrogens with one attached hydrogen (secondary N) is 1. The molecule has 1 aromatic carbocycles. The van der Waals surface area contributed by atoms with Crippen molar-refractivity contribution in [3.63, 3.8) is 0 Å². The van der Waals surface area contributed by atoms with E-state index < -0.39 is 0 Å². The quantitative estimate of drug-likeness (QED) is 0.795. The molecule has 2 N–H and O–H groups in total. The predicted octanol–water partition coefficient (Wildman–Crippen LogP) is 3.09. The lowest BCUT2D eigenvalue weighted by molar-refractivity contribution is 0.379. The average Bonchev–Trinajstić information content (AvgIpc) is 2.18. The summed E-state index contributed by atoms with van der Waals surface area (Å²) >= 11 is 0. The van der Waals surface area contributed by atoms with Gasteiger partial charge < -0.3 is 10.4 Å². The average molecular weight is 207 g/mol. The molecule has 0 spiro atoms. The van der Waals surface area contributed by atoms with Gasteiger partial charge in [0.1, 0.15) is 5.75 Å². The number of aromatic hydroxyl groups is 1. The van der Waals surface area contributed by atoms with Crippen molar-refractivity contribution < 1.29 is 5.11 Å². The minimum Gasteiger partial charge on any atom is -0.508 e. The Hall–Kier alpha value is -1.02. The van der Waals surface area contributed by atoms with E-state index in [1.54, 1.807) is 6.07 Å². The number of para-hydroxylation sites is 1. The second-order valence-electron chi connectivity index (χ2n) is 4.48. The maximum absolute atomic E-state index is 9.69. The van der Waals surface area contributed by atoms with Gasteiger partial charge in [0.25, 0.3) is 0 Å². The molecular weight excluding hydrogens is 186 g/mol. The van der Waals surface area contributed by atoms with E-state index in [1.807, 2.05) is 18.2 Å². The molecule has 0 heterocycles. The third-order valence-corrected chi connectivity index (χ3v) is 2.92. The van der Waals surface area contributed by atoms with E-state index in [2.05, 4.69) is 33.0 Å². The SMILES string of the molecule is CC(NC(C)C(C)C)c1ccccc1O. The maximum Gasteiger partial charge on any atom is 0.120 e. The molecule has 2 nitrogen and oxygen atoms in total. The number of benzene rings is 1. The van der Waals surface area contributed by atoms with E-state index in [1.165, 1.54) is 0 Å². The van der Waals surface area contributed by atoms with Gasteiger partial charge in [0.05, 0.1) is 0 Å². The summed E-state index contributed by atoms with van der Waals surface area (Å²) in [7, 11) is 0. The van der Waals surface area contributed by atoms with E-state index >= 15 is 0 Å². The third kappa shape index (κ3) is 3.24. The molecule has 0 fully saturated rings. The lowest BCUT2D eigenvalue weighted by Crippen LogP contribution is -2.32. The summed E-state index contributed by atoms with van der Waals surface area (Å²) in [6, 6.07) is 8.11. The summed E-state index contributed by atoms with van der Waals surface area (Å²) in [6.07, 6.45) is 0. The van der Waals surface area contributed by atoms with Crippen molar-refractivity contribution in [1.29, 1.82) is 0 Å². The number of hydrogen-bond acceptors (Lipinski definition) is 2. The van der Waals surface area contributed by atoms with E-state index in [9.17, 15) is 5.11 Å². The largest absolute Gasteiger partial charge is 0.508 e. The predicted molar refractivity (Wildman–Crippen MR) is 64.0 cm³/mol. The van der Waals surface area contributed by atoms with Crippen LogP contribution in [0.15, 0.2) is 24.3 Å². The fourth-order valence-electron chi connectivity index (χ4n) is 1.53. The normalized spacial score (nSPS) is 15.3. The second kappa shape index (κ2) is 5.17. The van der Waals surface area contributed by atoms with Crippen molar-refractivity contribution in [2.75, 3.05) is 0 Å². The summed E-state index contributed by atoms with van der Waals surface area (Å²) in [5.41, 5.74) is 0.963. The molecule has 2 heteroatoms. The van der Waals surface area contributed by atoms with Crippen molar-refractivity contribution in [2.45, 2.75) is 39.8 Å². The molecule has 0 aromatic heterocycles. The minimum atomic E-state index is 0.184. The Morgan fingerprint density at radius 1 is 1.07 bits per heavy atom. The molecule has 2 unspecified atom stereocenters. The fraction of sp³-hybridized carbons (Fsp3) is 0.538. The Labute approximate surface area is 92.3 Å². The minimum absolute atomic E-state index is 0.184. The Bertz CT molecular complexity index is 309. The van der Waals surface area contributed by atoms with Gasteiger partial charge in [-0.3, -0.25) is 0 Å².